The number of allylic oxidation sites excluding steroid dienone is 2. The summed E-state index contributed by atoms with van der Waals surface area (Å²) in [4.78, 5) is 37.3. The van der Waals surface area contributed by atoms with E-state index in [0.29, 0.717) is 31.4 Å². The molecular weight excluding hydrogens is 428 g/mol. The zero-order chi connectivity index (χ0) is 23.2. The number of nitrogens with one attached hydrogen (secondary N) is 2. The zero-order valence-corrected chi connectivity index (χ0v) is 19.4. The fourth-order valence-corrected chi connectivity index (χ4v) is 4.25. The van der Waals surface area contributed by atoms with E-state index in [-0.39, 0.29) is 49.5 Å². The summed E-state index contributed by atoms with van der Waals surface area (Å²) in [6.07, 6.45) is 6.04. The molecule has 8 heteroatoms. The first-order valence-corrected chi connectivity index (χ1v) is 12.3. The Morgan fingerprint density at radius 1 is 1.28 bits per heavy atom. The lowest BCUT2D eigenvalue weighted by Crippen LogP contribution is -2.45. The number of carbonyl (C=O) groups is 3. The van der Waals surface area contributed by atoms with Crippen molar-refractivity contribution in [2.75, 3.05) is 19.0 Å². The van der Waals surface area contributed by atoms with E-state index in [1.807, 2.05) is 42.5 Å². The topological polar surface area (TPSA) is 105 Å². The summed E-state index contributed by atoms with van der Waals surface area (Å²) in [6, 6.07) is 9.33. The van der Waals surface area contributed by atoms with Crippen LogP contribution in [-0.4, -0.2) is 53.9 Å². The maximum Gasteiger partial charge on any atom is 0.305 e. The minimum absolute atomic E-state index is 0.0319. The summed E-state index contributed by atoms with van der Waals surface area (Å²) in [6.45, 7) is 1.66. The van der Waals surface area contributed by atoms with Crippen molar-refractivity contribution < 1.29 is 24.2 Å². The van der Waals surface area contributed by atoms with Crippen LogP contribution in [0.2, 0.25) is 0 Å². The second-order valence-electron chi connectivity index (χ2n) is 8.04. The number of thioether (sulfide) groups is 1. The van der Waals surface area contributed by atoms with Crippen LogP contribution in [0.5, 0.6) is 0 Å². The molecule has 0 radical (unpaired) electrons. The van der Waals surface area contributed by atoms with Crippen molar-refractivity contribution >= 4 is 29.5 Å². The summed E-state index contributed by atoms with van der Waals surface area (Å²) in [5.41, 5.74) is 1.18. The molecule has 2 amide bonds. The monoisotopic (exact) mass is 462 g/mol. The van der Waals surface area contributed by atoms with Crippen molar-refractivity contribution in [2.45, 2.75) is 56.9 Å². The van der Waals surface area contributed by atoms with Gasteiger partial charge in [0.1, 0.15) is 6.61 Å². The van der Waals surface area contributed by atoms with Crippen LogP contribution in [-0.2, 0) is 24.9 Å². The van der Waals surface area contributed by atoms with Gasteiger partial charge in [-0.15, -0.1) is 0 Å². The van der Waals surface area contributed by atoms with Crippen LogP contribution in [0.3, 0.4) is 0 Å². The molecule has 32 heavy (non-hydrogen) atoms. The molecule has 1 heterocycles. The third-order valence-electron chi connectivity index (χ3n) is 5.05. The Labute approximate surface area is 194 Å². The number of aliphatic hydroxyl groups is 1. The molecule has 0 unspecified atom stereocenters. The van der Waals surface area contributed by atoms with Crippen LogP contribution in [0.4, 0.5) is 0 Å². The molecule has 0 bridgehead atoms. The Hall–Kier alpha value is -2.32. The Kier molecular flexibility index (Phi) is 11.9. The molecule has 1 aliphatic heterocycles. The third-order valence-corrected chi connectivity index (χ3v) is 6.22. The molecule has 3 N–H and O–H groups in total. The number of hydrogen-bond acceptors (Lipinski definition) is 6. The van der Waals surface area contributed by atoms with Crippen molar-refractivity contribution in [1.29, 1.82) is 0 Å². The Morgan fingerprint density at radius 3 is 2.81 bits per heavy atom. The van der Waals surface area contributed by atoms with Gasteiger partial charge in [-0.3, -0.25) is 14.4 Å². The fourth-order valence-electron chi connectivity index (χ4n) is 3.24. The zero-order valence-electron chi connectivity index (χ0n) is 18.6. The van der Waals surface area contributed by atoms with E-state index < -0.39 is 5.92 Å². The number of hydrogen-bond donors (Lipinski definition) is 3. The normalized spacial score (nSPS) is 21.3. The van der Waals surface area contributed by atoms with E-state index in [1.165, 1.54) is 5.56 Å². The van der Waals surface area contributed by atoms with E-state index >= 15 is 0 Å². The number of rotatable bonds is 8. The van der Waals surface area contributed by atoms with Crippen molar-refractivity contribution in [3.05, 3.63) is 48.0 Å². The molecule has 7 nitrogen and oxygen atoms in total. The van der Waals surface area contributed by atoms with Gasteiger partial charge in [0.05, 0.1) is 18.6 Å². The average molecular weight is 463 g/mol. The van der Waals surface area contributed by atoms with E-state index in [0.717, 1.165) is 5.75 Å². The average Bonchev–Trinajstić information content (AvgIpc) is 2.79. The first-order chi connectivity index (χ1) is 15.5. The number of ether oxygens (including phenoxy) is 1. The SMILES string of the molecule is C[C@H](CO)NC(=O)C[C@H]1CC=CCCCC(=O)OC[C@H](CSCc2ccccc2)NC1=O. The van der Waals surface area contributed by atoms with E-state index in [4.69, 9.17) is 9.84 Å². The molecule has 2 rings (SSSR count). The van der Waals surface area contributed by atoms with Gasteiger partial charge in [-0.25, -0.2) is 0 Å². The van der Waals surface area contributed by atoms with Crippen LogP contribution in [0.25, 0.3) is 0 Å². The number of cyclic esters (lactones) is 1. The van der Waals surface area contributed by atoms with Gasteiger partial charge in [0.15, 0.2) is 0 Å². The van der Waals surface area contributed by atoms with Crippen molar-refractivity contribution in [2.24, 2.45) is 5.92 Å². The minimum Gasteiger partial charge on any atom is -0.463 e. The van der Waals surface area contributed by atoms with Gasteiger partial charge >= 0.3 is 5.97 Å². The highest BCUT2D eigenvalue weighted by Crippen LogP contribution is 2.16. The standard InChI is InChI=1S/C24H34N2O5S/c1-18(14-27)25-22(28)13-20-11-7-2-3-8-12-23(29)31-15-21(26-24(20)30)17-32-16-19-9-5-4-6-10-19/h2,4-7,9-10,18,20-21,27H,3,8,11-17H2,1H3,(H,25,28)(H,26,30)/t18-,20-,21-/m1/s1. The van der Waals surface area contributed by atoms with Crippen LogP contribution in [0.1, 0.15) is 44.6 Å². The van der Waals surface area contributed by atoms with Gasteiger partial charge in [0.25, 0.3) is 0 Å². The first kappa shape index (κ1) is 25.9. The van der Waals surface area contributed by atoms with Crippen molar-refractivity contribution in [1.82, 2.24) is 10.6 Å². The summed E-state index contributed by atoms with van der Waals surface area (Å²) in [7, 11) is 0. The molecule has 0 saturated heterocycles. The number of amides is 2. The number of carbonyl (C=O) groups excluding carboxylic acids is 3. The number of esters is 1. The lowest BCUT2D eigenvalue weighted by atomic mass is 9.98. The molecule has 1 aromatic rings. The molecule has 0 aliphatic carbocycles. The van der Waals surface area contributed by atoms with E-state index in [1.54, 1.807) is 18.7 Å². The molecule has 0 saturated carbocycles. The molecule has 3 atom stereocenters. The van der Waals surface area contributed by atoms with Crippen LogP contribution in [0.15, 0.2) is 42.5 Å². The highest BCUT2D eigenvalue weighted by molar-refractivity contribution is 7.98. The summed E-state index contributed by atoms with van der Waals surface area (Å²) >= 11 is 1.66. The van der Waals surface area contributed by atoms with Gasteiger partial charge in [0.2, 0.25) is 11.8 Å². The Morgan fingerprint density at radius 2 is 2.06 bits per heavy atom. The summed E-state index contributed by atoms with van der Waals surface area (Å²) in [5, 5.41) is 14.8. The maximum atomic E-state index is 13.0. The fraction of sp³-hybridized carbons (Fsp3) is 0.542. The van der Waals surface area contributed by atoms with Crippen molar-refractivity contribution in [3.63, 3.8) is 0 Å². The van der Waals surface area contributed by atoms with Gasteiger partial charge in [-0.2, -0.15) is 11.8 Å². The van der Waals surface area contributed by atoms with Gasteiger partial charge in [0, 0.05) is 30.4 Å². The highest BCUT2D eigenvalue weighted by atomic mass is 32.2. The molecule has 0 fully saturated rings. The number of benzene rings is 1. The van der Waals surface area contributed by atoms with Gasteiger partial charge in [-0.05, 0) is 31.7 Å². The molecule has 176 valence electrons. The van der Waals surface area contributed by atoms with Gasteiger partial charge < -0.3 is 20.5 Å². The van der Waals surface area contributed by atoms with E-state index in [9.17, 15) is 14.4 Å². The van der Waals surface area contributed by atoms with Crippen molar-refractivity contribution in [3.8, 4) is 0 Å². The molecule has 1 aromatic carbocycles. The van der Waals surface area contributed by atoms with Crippen LogP contribution < -0.4 is 10.6 Å². The molecule has 0 spiro atoms. The minimum atomic E-state index is -0.532. The highest BCUT2D eigenvalue weighted by Gasteiger charge is 2.25. The first-order valence-electron chi connectivity index (χ1n) is 11.1. The lowest BCUT2D eigenvalue weighted by molar-refractivity contribution is -0.145. The molecular formula is C24H34N2O5S. The smallest absolute Gasteiger partial charge is 0.305 e. The predicted molar refractivity (Wildman–Crippen MR) is 126 cm³/mol. The third kappa shape index (κ3) is 10.3. The summed E-state index contributed by atoms with van der Waals surface area (Å²) in [5.74, 6) is 0.0703. The Bertz CT molecular complexity index is 756. The second-order valence-corrected chi connectivity index (χ2v) is 9.07. The van der Waals surface area contributed by atoms with E-state index in [2.05, 4.69) is 10.6 Å². The summed E-state index contributed by atoms with van der Waals surface area (Å²) < 4.78 is 5.40. The quantitative estimate of drug-likeness (QED) is 0.405. The van der Waals surface area contributed by atoms with Crippen LogP contribution in [0, 0.1) is 5.92 Å². The molecule has 1 aliphatic rings. The second kappa shape index (κ2) is 14.7. The number of aliphatic hydroxyl groups excluding tert-OH is 1. The van der Waals surface area contributed by atoms with Crippen LogP contribution >= 0.6 is 11.8 Å². The Balaban J connectivity index is 2.02. The largest absolute Gasteiger partial charge is 0.463 e. The lowest BCUT2D eigenvalue weighted by Gasteiger charge is -2.22. The maximum absolute atomic E-state index is 13.0. The van der Waals surface area contributed by atoms with Gasteiger partial charge in [-0.1, -0.05) is 42.5 Å². The molecule has 0 aromatic heterocycles. The predicted octanol–water partition coefficient (Wildman–Crippen LogP) is 2.58.